The molecule has 1 atom stereocenters. The molecule has 3 heterocycles. The number of carbonyl (C=O) groups excluding carboxylic acids is 2. The zero-order chi connectivity index (χ0) is 14.7. The molecule has 5 nitrogen and oxygen atoms in total. The molecule has 110 valence electrons. The maximum Gasteiger partial charge on any atom is 0.243 e. The van der Waals surface area contributed by atoms with E-state index < -0.39 is 0 Å². The molecule has 2 aromatic rings. The minimum absolute atomic E-state index is 0.0431. The van der Waals surface area contributed by atoms with Crippen molar-refractivity contribution in [2.24, 2.45) is 0 Å². The Labute approximate surface area is 126 Å². The monoisotopic (exact) mass is 304 g/mol. The van der Waals surface area contributed by atoms with E-state index in [2.05, 4.69) is 5.32 Å². The van der Waals surface area contributed by atoms with Crippen molar-refractivity contribution in [3.8, 4) is 0 Å². The fourth-order valence-corrected chi connectivity index (χ4v) is 3.18. The highest BCUT2D eigenvalue weighted by Crippen LogP contribution is 2.23. The summed E-state index contributed by atoms with van der Waals surface area (Å²) in [6.45, 7) is 0.860. The number of hydrogen-bond acceptors (Lipinski definition) is 4. The SMILES string of the molecule is O=C(NCc1ccco1)[C@H]1CCC(=O)N1Cc1cccs1. The Morgan fingerprint density at radius 3 is 3.05 bits per heavy atom. The van der Waals surface area contributed by atoms with Crippen LogP contribution in [-0.2, 0) is 22.7 Å². The first-order chi connectivity index (χ1) is 10.2. The summed E-state index contributed by atoms with van der Waals surface area (Å²) in [4.78, 5) is 27.0. The van der Waals surface area contributed by atoms with Gasteiger partial charge >= 0.3 is 0 Å². The third-order valence-electron chi connectivity index (χ3n) is 3.55. The van der Waals surface area contributed by atoms with Crippen molar-refractivity contribution >= 4 is 23.2 Å². The van der Waals surface area contributed by atoms with Gasteiger partial charge in [-0.2, -0.15) is 0 Å². The van der Waals surface area contributed by atoms with Gasteiger partial charge in [-0.1, -0.05) is 6.07 Å². The second kappa shape index (κ2) is 6.13. The smallest absolute Gasteiger partial charge is 0.243 e. The summed E-state index contributed by atoms with van der Waals surface area (Å²) >= 11 is 1.60. The van der Waals surface area contributed by atoms with Gasteiger partial charge < -0.3 is 14.6 Å². The van der Waals surface area contributed by atoms with Gasteiger partial charge in [0.15, 0.2) is 0 Å². The van der Waals surface area contributed by atoms with Gasteiger partial charge in [0.05, 0.1) is 19.4 Å². The van der Waals surface area contributed by atoms with Gasteiger partial charge in [-0.15, -0.1) is 11.3 Å². The van der Waals surface area contributed by atoms with Crippen LogP contribution in [0.4, 0.5) is 0 Å². The van der Waals surface area contributed by atoms with E-state index in [0.29, 0.717) is 31.7 Å². The molecule has 0 unspecified atom stereocenters. The van der Waals surface area contributed by atoms with Crippen LogP contribution >= 0.6 is 11.3 Å². The van der Waals surface area contributed by atoms with Gasteiger partial charge in [0.2, 0.25) is 11.8 Å². The van der Waals surface area contributed by atoms with E-state index in [1.165, 1.54) is 0 Å². The molecule has 6 heteroatoms. The molecular weight excluding hydrogens is 288 g/mol. The number of hydrogen-bond donors (Lipinski definition) is 1. The first-order valence-electron chi connectivity index (χ1n) is 6.86. The minimum atomic E-state index is -0.380. The first-order valence-corrected chi connectivity index (χ1v) is 7.74. The van der Waals surface area contributed by atoms with E-state index in [9.17, 15) is 9.59 Å². The van der Waals surface area contributed by atoms with Gasteiger partial charge in [-0.05, 0) is 30.0 Å². The molecule has 3 rings (SSSR count). The second-order valence-corrected chi connectivity index (χ2v) is 5.98. The summed E-state index contributed by atoms with van der Waals surface area (Å²) in [5, 5.41) is 4.81. The highest BCUT2D eigenvalue weighted by Gasteiger charge is 2.35. The van der Waals surface area contributed by atoms with Crippen LogP contribution in [0.2, 0.25) is 0 Å². The molecule has 0 saturated carbocycles. The third kappa shape index (κ3) is 3.16. The van der Waals surface area contributed by atoms with Crippen molar-refractivity contribution in [3.05, 3.63) is 46.5 Å². The molecule has 1 aliphatic heterocycles. The predicted molar refractivity (Wildman–Crippen MR) is 78.4 cm³/mol. The van der Waals surface area contributed by atoms with E-state index in [0.717, 1.165) is 4.88 Å². The summed E-state index contributed by atoms with van der Waals surface area (Å²) in [5.41, 5.74) is 0. The Hall–Kier alpha value is -2.08. The Morgan fingerprint density at radius 1 is 1.43 bits per heavy atom. The number of rotatable bonds is 5. The summed E-state index contributed by atoms with van der Waals surface area (Å²) in [7, 11) is 0. The molecule has 2 aromatic heterocycles. The van der Waals surface area contributed by atoms with Crippen LogP contribution in [0, 0.1) is 0 Å². The van der Waals surface area contributed by atoms with Crippen LogP contribution in [0.15, 0.2) is 40.3 Å². The van der Waals surface area contributed by atoms with Gasteiger partial charge in [0, 0.05) is 11.3 Å². The Kier molecular flexibility index (Phi) is 4.06. The average Bonchev–Trinajstić information content (AvgIpc) is 3.21. The number of nitrogens with one attached hydrogen (secondary N) is 1. The molecule has 1 aliphatic rings. The van der Waals surface area contributed by atoms with Crippen LogP contribution < -0.4 is 5.32 Å². The topological polar surface area (TPSA) is 62.6 Å². The number of nitrogens with zero attached hydrogens (tertiary/aromatic N) is 1. The maximum absolute atomic E-state index is 12.3. The minimum Gasteiger partial charge on any atom is -0.467 e. The van der Waals surface area contributed by atoms with Gasteiger partial charge in [0.1, 0.15) is 11.8 Å². The van der Waals surface area contributed by atoms with Crippen LogP contribution in [0.1, 0.15) is 23.5 Å². The van der Waals surface area contributed by atoms with E-state index in [-0.39, 0.29) is 17.9 Å². The van der Waals surface area contributed by atoms with E-state index in [4.69, 9.17) is 4.42 Å². The molecule has 1 saturated heterocycles. The standard InChI is InChI=1S/C15H16N2O3S/c18-14-6-5-13(17(14)10-12-4-2-8-21-12)15(19)16-9-11-3-1-7-20-11/h1-4,7-8,13H,5-6,9-10H2,(H,16,19)/t13-/m1/s1. The fourth-order valence-electron chi connectivity index (χ4n) is 2.48. The van der Waals surface area contributed by atoms with Crippen LogP contribution in [0.25, 0.3) is 0 Å². The molecule has 0 aromatic carbocycles. The quantitative estimate of drug-likeness (QED) is 0.920. The van der Waals surface area contributed by atoms with E-state index in [1.807, 2.05) is 23.6 Å². The molecular formula is C15H16N2O3S. The lowest BCUT2D eigenvalue weighted by atomic mass is 10.2. The summed E-state index contributed by atoms with van der Waals surface area (Å²) in [5.74, 6) is 0.632. The lowest BCUT2D eigenvalue weighted by Gasteiger charge is -2.23. The molecule has 0 aliphatic carbocycles. The van der Waals surface area contributed by atoms with Crippen molar-refractivity contribution in [2.45, 2.75) is 32.0 Å². The molecule has 2 amide bonds. The van der Waals surface area contributed by atoms with E-state index >= 15 is 0 Å². The van der Waals surface area contributed by atoms with Crippen molar-refractivity contribution in [1.82, 2.24) is 10.2 Å². The Bertz CT molecular complexity index is 607. The molecule has 1 N–H and O–H groups in total. The molecule has 1 fully saturated rings. The Balaban J connectivity index is 1.62. The first kappa shape index (κ1) is 13.9. The third-order valence-corrected chi connectivity index (χ3v) is 4.42. The largest absolute Gasteiger partial charge is 0.467 e. The fraction of sp³-hybridized carbons (Fsp3) is 0.333. The molecule has 0 radical (unpaired) electrons. The van der Waals surface area contributed by atoms with Crippen LogP contribution in [-0.4, -0.2) is 22.8 Å². The van der Waals surface area contributed by atoms with Crippen LogP contribution in [0.3, 0.4) is 0 Å². The second-order valence-electron chi connectivity index (χ2n) is 4.95. The van der Waals surface area contributed by atoms with E-state index in [1.54, 1.807) is 28.6 Å². The zero-order valence-corrected chi connectivity index (χ0v) is 12.3. The normalized spacial score (nSPS) is 18.2. The molecule has 0 bridgehead atoms. The highest BCUT2D eigenvalue weighted by atomic mass is 32.1. The summed E-state index contributed by atoms with van der Waals surface area (Å²) < 4.78 is 5.19. The molecule has 21 heavy (non-hydrogen) atoms. The maximum atomic E-state index is 12.3. The molecule has 0 spiro atoms. The van der Waals surface area contributed by atoms with Crippen molar-refractivity contribution < 1.29 is 14.0 Å². The number of furan rings is 1. The number of carbonyl (C=O) groups is 2. The average molecular weight is 304 g/mol. The summed E-state index contributed by atoms with van der Waals surface area (Å²) in [6.07, 6.45) is 2.59. The van der Waals surface area contributed by atoms with Gasteiger partial charge in [-0.3, -0.25) is 9.59 Å². The summed E-state index contributed by atoms with van der Waals surface area (Å²) in [6, 6.07) is 7.14. The zero-order valence-electron chi connectivity index (χ0n) is 11.5. The van der Waals surface area contributed by atoms with Crippen molar-refractivity contribution in [2.75, 3.05) is 0 Å². The van der Waals surface area contributed by atoms with Crippen LogP contribution in [0.5, 0.6) is 0 Å². The lowest BCUT2D eigenvalue weighted by molar-refractivity contribution is -0.135. The van der Waals surface area contributed by atoms with Crippen molar-refractivity contribution in [1.29, 1.82) is 0 Å². The lowest BCUT2D eigenvalue weighted by Crippen LogP contribution is -2.43. The van der Waals surface area contributed by atoms with Gasteiger partial charge in [0.25, 0.3) is 0 Å². The van der Waals surface area contributed by atoms with Crippen molar-refractivity contribution in [3.63, 3.8) is 0 Å². The Morgan fingerprint density at radius 2 is 2.33 bits per heavy atom. The number of thiophene rings is 1. The highest BCUT2D eigenvalue weighted by molar-refractivity contribution is 7.09. The number of amides is 2. The van der Waals surface area contributed by atoms with Gasteiger partial charge in [-0.25, -0.2) is 0 Å². The predicted octanol–water partition coefficient (Wildman–Crippen LogP) is 2.15. The number of likely N-dealkylation sites (tertiary alicyclic amines) is 1.